The first-order chi connectivity index (χ1) is 13.1. The van der Waals surface area contributed by atoms with Gasteiger partial charge in [-0.1, -0.05) is 11.6 Å². The lowest BCUT2D eigenvalue weighted by atomic mass is 9.95. The van der Waals surface area contributed by atoms with Gasteiger partial charge in [-0.05, 0) is 56.9 Å². The molecule has 6 heteroatoms. The Balaban J connectivity index is 1.47. The van der Waals surface area contributed by atoms with Crippen molar-refractivity contribution < 1.29 is 4.79 Å². The number of hydrogen-bond acceptors (Lipinski definition) is 4. The highest BCUT2D eigenvalue weighted by molar-refractivity contribution is 5.94. The van der Waals surface area contributed by atoms with Gasteiger partial charge in [-0.15, -0.1) is 10.2 Å². The van der Waals surface area contributed by atoms with E-state index in [9.17, 15) is 4.79 Å². The van der Waals surface area contributed by atoms with Crippen LogP contribution < -0.4 is 0 Å². The molecule has 0 spiro atoms. The van der Waals surface area contributed by atoms with Crippen LogP contribution in [0.15, 0.2) is 48.6 Å². The van der Waals surface area contributed by atoms with E-state index >= 15 is 0 Å². The maximum Gasteiger partial charge on any atom is 0.253 e. The normalized spacial score (nSPS) is 22.5. The number of aromatic nitrogens is 3. The molecule has 3 aliphatic rings. The monoisotopic (exact) mass is 365 g/mol. The minimum atomic E-state index is 0.145. The predicted octanol–water partition coefficient (Wildman–Crippen LogP) is 2.77. The summed E-state index contributed by atoms with van der Waals surface area (Å²) in [5, 5.41) is 7.65. The van der Waals surface area contributed by atoms with Crippen LogP contribution >= 0.6 is 0 Å². The van der Waals surface area contributed by atoms with Gasteiger partial charge in [-0.3, -0.25) is 14.3 Å². The zero-order valence-electron chi connectivity index (χ0n) is 16.1. The van der Waals surface area contributed by atoms with Crippen LogP contribution in [-0.4, -0.2) is 62.7 Å². The fourth-order valence-electron chi connectivity index (χ4n) is 4.16. The number of nitrogens with zero attached hydrogens (tertiary/aromatic N) is 5. The summed E-state index contributed by atoms with van der Waals surface area (Å²) < 4.78 is 1.83. The van der Waals surface area contributed by atoms with Gasteiger partial charge in [-0.25, -0.2) is 0 Å². The van der Waals surface area contributed by atoms with Crippen molar-refractivity contribution in [2.75, 3.05) is 26.2 Å². The predicted molar refractivity (Wildman–Crippen MR) is 105 cm³/mol. The Morgan fingerprint density at radius 1 is 1.07 bits per heavy atom. The third kappa shape index (κ3) is 3.95. The highest BCUT2D eigenvalue weighted by atomic mass is 16.2. The number of hydrogen-bond donors (Lipinski definition) is 0. The Morgan fingerprint density at radius 3 is 2.52 bits per heavy atom. The summed E-state index contributed by atoms with van der Waals surface area (Å²) in [6.45, 7) is 8.10. The van der Waals surface area contributed by atoms with Crippen molar-refractivity contribution in [3.05, 3.63) is 54.1 Å². The molecule has 1 amide bonds. The molecule has 0 aliphatic carbocycles. The average molecular weight is 365 g/mol. The lowest BCUT2D eigenvalue weighted by Crippen LogP contribution is -2.44. The van der Waals surface area contributed by atoms with Gasteiger partial charge >= 0.3 is 0 Å². The van der Waals surface area contributed by atoms with E-state index in [0.29, 0.717) is 12.0 Å². The maximum atomic E-state index is 13.1. The first kappa shape index (κ1) is 17.9. The Bertz CT molecular complexity index is 808. The van der Waals surface area contributed by atoms with Crippen molar-refractivity contribution in [2.45, 2.75) is 32.7 Å². The molecule has 3 saturated heterocycles. The zero-order valence-corrected chi connectivity index (χ0v) is 16.1. The van der Waals surface area contributed by atoms with Crippen LogP contribution in [0, 0.1) is 5.92 Å². The zero-order chi connectivity index (χ0) is 18.8. The molecular formula is C21H27N5O. The van der Waals surface area contributed by atoms with E-state index in [-0.39, 0.29) is 5.91 Å². The van der Waals surface area contributed by atoms with Gasteiger partial charge in [0.2, 0.25) is 0 Å². The average Bonchev–Trinajstić information content (AvgIpc) is 3.06. The molecule has 2 aromatic rings. The number of piperidine rings is 1. The van der Waals surface area contributed by atoms with Crippen LogP contribution in [0.1, 0.15) is 37.0 Å². The standard InChI is InChI=1S/C21H27N5O/c1-16(2)9-10-24-11-17-3-6-20(24)13-25(12-17)21(27)18-4-7-19(8-5-18)26-14-22-23-15-26/h4-5,7-9,14-15,17,20H,3,6,10-13H2,1-2H3/t17-,20-/m1/s1. The van der Waals surface area contributed by atoms with E-state index in [1.807, 2.05) is 28.8 Å². The van der Waals surface area contributed by atoms with E-state index in [1.165, 1.54) is 18.4 Å². The minimum absolute atomic E-state index is 0.145. The van der Waals surface area contributed by atoms with Gasteiger partial charge in [0, 0.05) is 43.5 Å². The summed E-state index contributed by atoms with van der Waals surface area (Å²) in [6.07, 6.45) is 8.04. The van der Waals surface area contributed by atoms with Gasteiger partial charge in [-0.2, -0.15) is 0 Å². The Hall–Kier alpha value is -2.47. The van der Waals surface area contributed by atoms with Gasteiger partial charge in [0.05, 0.1) is 0 Å². The summed E-state index contributed by atoms with van der Waals surface area (Å²) in [7, 11) is 0. The summed E-state index contributed by atoms with van der Waals surface area (Å²) in [6, 6.07) is 8.19. The minimum Gasteiger partial charge on any atom is -0.337 e. The van der Waals surface area contributed by atoms with Crippen molar-refractivity contribution >= 4 is 5.91 Å². The largest absolute Gasteiger partial charge is 0.337 e. The highest BCUT2D eigenvalue weighted by Gasteiger charge is 2.36. The molecule has 142 valence electrons. The van der Waals surface area contributed by atoms with Crippen molar-refractivity contribution in [2.24, 2.45) is 5.92 Å². The van der Waals surface area contributed by atoms with E-state index in [4.69, 9.17) is 0 Å². The SMILES string of the molecule is CC(C)=CCN1C[C@H]2CC[C@@H]1CN(C(=O)c1ccc(-n3cnnc3)cc1)C2. The molecule has 27 heavy (non-hydrogen) atoms. The van der Waals surface area contributed by atoms with Crippen LogP contribution in [-0.2, 0) is 0 Å². The molecule has 6 nitrogen and oxygen atoms in total. The van der Waals surface area contributed by atoms with Crippen LogP contribution in [0.3, 0.4) is 0 Å². The summed E-state index contributed by atoms with van der Waals surface area (Å²) in [5.41, 5.74) is 3.07. The summed E-state index contributed by atoms with van der Waals surface area (Å²) in [5.74, 6) is 0.723. The number of carbonyl (C=O) groups excluding carboxylic acids is 1. The molecule has 5 rings (SSSR count). The van der Waals surface area contributed by atoms with Crippen molar-refractivity contribution in [1.82, 2.24) is 24.6 Å². The van der Waals surface area contributed by atoms with Crippen LogP contribution in [0.5, 0.6) is 0 Å². The van der Waals surface area contributed by atoms with Crippen LogP contribution in [0.2, 0.25) is 0 Å². The van der Waals surface area contributed by atoms with E-state index in [0.717, 1.165) is 37.4 Å². The molecule has 3 fully saturated rings. The topological polar surface area (TPSA) is 54.3 Å². The highest BCUT2D eigenvalue weighted by Crippen LogP contribution is 2.29. The molecule has 0 N–H and O–H groups in total. The fourth-order valence-corrected chi connectivity index (χ4v) is 4.16. The molecular weight excluding hydrogens is 338 g/mol. The molecule has 0 unspecified atom stereocenters. The Labute approximate surface area is 160 Å². The van der Waals surface area contributed by atoms with Crippen molar-refractivity contribution in [3.8, 4) is 5.69 Å². The van der Waals surface area contributed by atoms with Gasteiger partial charge in [0.1, 0.15) is 12.7 Å². The van der Waals surface area contributed by atoms with Crippen LogP contribution in [0.25, 0.3) is 5.69 Å². The molecule has 0 radical (unpaired) electrons. The van der Waals surface area contributed by atoms with Gasteiger partial charge < -0.3 is 4.90 Å². The lowest BCUT2D eigenvalue weighted by Gasteiger charge is -2.35. The first-order valence-electron chi connectivity index (χ1n) is 9.72. The number of benzene rings is 1. The third-order valence-electron chi connectivity index (χ3n) is 5.68. The summed E-state index contributed by atoms with van der Waals surface area (Å²) >= 11 is 0. The van der Waals surface area contributed by atoms with Crippen molar-refractivity contribution in [3.63, 3.8) is 0 Å². The number of amides is 1. The van der Waals surface area contributed by atoms with E-state index in [1.54, 1.807) is 12.7 Å². The molecule has 0 saturated carbocycles. The van der Waals surface area contributed by atoms with Crippen LogP contribution in [0.4, 0.5) is 0 Å². The number of rotatable bonds is 4. The molecule has 2 atom stereocenters. The molecule has 1 aromatic heterocycles. The molecule has 1 aromatic carbocycles. The quantitative estimate of drug-likeness (QED) is 0.782. The van der Waals surface area contributed by atoms with Gasteiger partial charge in [0.25, 0.3) is 5.91 Å². The molecule has 4 heterocycles. The Kier molecular flexibility index (Phi) is 5.07. The first-order valence-corrected chi connectivity index (χ1v) is 9.72. The lowest BCUT2D eigenvalue weighted by molar-refractivity contribution is 0.0740. The molecule has 3 aliphatic heterocycles. The maximum absolute atomic E-state index is 13.1. The smallest absolute Gasteiger partial charge is 0.253 e. The molecule has 2 bridgehead atoms. The number of allylic oxidation sites excluding steroid dienone is 1. The second-order valence-corrected chi connectivity index (χ2v) is 7.96. The Morgan fingerprint density at radius 2 is 1.81 bits per heavy atom. The van der Waals surface area contributed by atoms with Crippen molar-refractivity contribution in [1.29, 1.82) is 0 Å². The number of fused-ring (bicyclic) bond motifs is 4. The van der Waals surface area contributed by atoms with Gasteiger partial charge in [0.15, 0.2) is 0 Å². The van der Waals surface area contributed by atoms with E-state index < -0.39 is 0 Å². The third-order valence-corrected chi connectivity index (χ3v) is 5.68. The summed E-state index contributed by atoms with van der Waals surface area (Å²) in [4.78, 5) is 17.7. The van der Waals surface area contributed by atoms with E-state index in [2.05, 4.69) is 39.9 Å². The fraction of sp³-hybridized carbons (Fsp3) is 0.476. The number of carbonyl (C=O) groups is 1. The second-order valence-electron chi connectivity index (χ2n) is 7.96. The second kappa shape index (κ2) is 7.64.